The Bertz CT molecular complexity index is 669. The second kappa shape index (κ2) is 3.70. The standard InChI is InChI=1S/C14H13N3/c1-10-4-5-13-12(8-10)9-11(2)17(13)14-15-6-3-7-16-14/h3-9H,1-2H3. The van der Waals surface area contributed by atoms with E-state index in [4.69, 9.17) is 0 Å². The minimum Gasteiger partial charge on any atom is -0.283 e. The molecule has 2 heterocycles. The summed E-state index contributed by atoms with van der Waals surface area (Å²) < 4.78 is 2.08. The Hall–Kier alpha value is -2.16. The highest BCUT2D eigenvalue weighted by Crippen LogP contribution is 2.22. The lowest BCUT2D eigenvalue weighted by molar-refractivity contribution is 0.928. The maximum absolute atomic E-state index is 4.31. The molecular formula is C14H13N3. The first kappa shape index (κ1) is 10.0. The van der Waals surface area contributed by atoms with E-state index in [1.165, 1.54) is 10.9 Å². The van der Waals surface area contributed by atoms with Crippen molar-refractivity contribution in [2.24, 2.45) is 0 Å². The SMILES string of the molecule is Cc1ccc2c(c1)cc(C)n2-c1ncccn1. The monoisotopic (exact) mass is 223 g/mol. The smallest absolute Gasteiger partial charge is 0.234 e. The first-order valence-electron chi connectivity index (χ1n) is 5.62. The van der Waals surface area contributed by atoms with Crippen molar-refractivity contribution in [2.45, 2.75) is 13.8 Å². The molecule has 0 aliphatic carbocycles. The fraction of sp³-hybridized carbons (Fsp3) is 0.143. The van der Waals surface area contributed by atoms with Gasteiger partial charge in [0, 0.05) is 23.5 Å². The van der Waals surface area contributed by atoms with E-state index >= 15 is 0 Å². The zero-order valence-corrected chi connectivity index (χ0v) is 9.88. The lowest BCUT2D eigenvalue weighted by Gasteiger charge is -2.05. The third kappa shape index (κ3) is 1.60. The second-order valence-electron chi connectivity index (χ2n) is 4.23. The van der Waals surface area contributed by atoms with Crippen LogP contribution in [0.15, 0.2) is 42.7 Å². The fourth-order valence-electron chi connectivity index (χ4n) is 2.14. The summed E-state index contributed by atoms with van der Waals surface area (Å²) in [5, 5.41) is 1.23. The van der Waals surface area contributed by atoms with Crippen LogP contribution in [0.25, 0.3) is 16.9 Å². The molecular weight excluding hydrogens is 210 g/mol. The number of benzene rings is 1. The minimum atomic E-state index is 0.726. The second-order valence-corrected chi connectivity index (χ2v) is 4.23. The molecule has 0 fully saturated rings. The summed E-state index contributed by atoms with van der Waals surface area (Å²) in [6.45, 7) is 4.18. The van der Waals surface area contributed by atoms with Gasteiger partial charge in [-0.15, -0.1) is 0 Å². The summed E-state index contributed by atoms with van der Waals surface area (Å²) >= 11 is 0. The highest BCUT2D eigenvalue weighted by atomic mass is 15.1. The van der Waals surface area contributed by atoms with Gasteiger partial charge in [0.2, 0.25) is 5.95 Å². The lowest BCUT2D eigenvalue weighted by Crippen LogP contribution is -2.01. The molecule has 17 heavy (non-hydrogen) atoms. The number of rotatable bonds is 1. The van der Waals surface area contributed by atoms with Crippen molar-refractivity contribution in [3.05, 3.63) is 54.0 Å². The van der Waals surface area contributed by atoms with Gasteiger partial charge < -0.3 is 0 Å². The van der Waals surface area contributed by atoms with Crippen LogP contribution in [0, 0.1) is 13.8 Å². The summed E-state index contributed by atoms with van der Waals surface area (Å²) in [6, 6.07) is 10.4. The molecule has 0 N–H and O–H groups in total. The Morgan fingerprint density at radius 3 is 2.53 bits per heavy atom. The molecule has 0 aliphatic heterocycles. The van der Waals surface area contributed by atoms with Crippen molar-refractivity contribution >= 4 is 10.9 Å². The van der Waals surface area contributed by atoms with Gasteiger partial charge in [-0.25, -0.2) is 9.97 Å². The van der Waals surface area contributed by atoms with E-state index in [0.29, 0.717) is 0 Å². The first-order valence-corrected chi connectivity index (χ1v) is 5.62. The summed E-state index contributed by atoms with van der Waals surface area (Å²) in [5.41, 5.74) is 3.57. The van der Waals surface area contributed by atoms with Gasteiger partial charge >= 0.3 is 0 Å². The Morgan fingerprint density at radius 1 is 1.00 bits per heavy atom. The molecule has 3 heteroatoms. The molecule has 0 unspecified atom stereocenters. The van der Waals surface area contributed by atoms with Crippen LogP contribution in [0.4, 0.5) is 0 Å². The van der Waals surface area contributed by atoms with Crippen molar-refractivity contribution in [2.75, 3.05) is 0 Å². The van der Waals surface area contributed by atoms with Crippen LogP contribution >= 0.6 is 0 Å². The Labute approximate surface area is 99.8 Å². The molecule has 2 aromatic heterocycles. The van der Waals surface area contributed by atoms with Gasteiger partial charge in [-0.1, -0.05) is 11.6 Å². The molecule has 3 aromatic rings. The molecule has 3 rings (SSSR count). The average Bonchev–Trinajstić information content (AvgIpc) is 2.65. The molecule has 1 aromatic carbocycles. The highest BCUT2D eigenvalue weighted by molar-refractivity contribution is 5.83. The molecule has 0 saturated heterocycles. The van der Waals surface area contributed by atoms with E-state index in [1.807, 2.05) is 6.07 Å². The number of aromatic nitrogens is 3. The highest BCUT2D eigenvalue weighted by Gasteiger charge is 2.08. The Morgan fingerprint density at radius 2 is 1.76 bits per heavy atom. The molecule has 0 bridgehead atoms. The summed E-state index contributed by atoms with van der Waals surface area (Å²) in [4.78, 5) is 8.61. The first-order chi connectivity index (χ1) is 8.25. The van der Waals surface area contributed by atoms with Crippen LogP contribution in [-0.2, 0) is 0 Å². The van der Waals surface area contributed by atoms with Crippen LogP contribution < -0.4 is 0 Å². The van der Waals surface area contributed by atoms with E-state index in [-0.39, 0.29) is 0 Å². The Kier molecular flexibility index (Phi) is 2.18. The molecule has 3 nitrogen and oxygen atoms in total. The quantitative estimate of drug-likeness (QED) is 0.634. The number of nitrogens with zero attached hydrogens (tertiary/aromatic N) is 3. The van der Waals surface area contributed by atoms with Crippen molar-refractivity contribution in [1.82, 2.24) is 14.5 Å². The summed E-state index contributed by atoms with van der Waals surface area (Å²) in [5.74, 6) is 0.726. The lowest BCUT2D eigenvalue weighted by atomic mass is 10.2. The van der Waals surface area contributed by atoms with Crippen molar-refractivity contribution < 1.29 is 0 Å². The van der Waals surface area contributed by atoms with Gasteiger partial charge in [-0.05, 0) is 38.1 Å². The van der Waals surface area contributed by atoms with Crippen LogP contribution in [0.2, 0.25) is 0 Å². The zero-order chi connectivity index (χ0) is 11.8. The van der Waals surface area contributed by atoms with Gasteiger partial charge in [-0.3, -0.25) is 4.57 Å². The predicted molar refractivity (Wildman–Crippen MR) is 68.3 cm³/mol. The van der Waals surface area contributed by atoms with Crippen molar-refractivity contribution in [1.29, 1.82) is 0 Å². The number of fused-ring (bicyclic) bond motifs is 1. The molecule has 0 radical (unpaired) electrons. The van der Waals surface area contributed by atoms with Gasteiger partial charge in [0.15, 0.2) is 0 Å². The number of aryl methyl sites for hydroxylation is 2. The van der Waals surface area contributed by atoms with E-state index in [9.17, 15) is 0 Å². The van der Waals surface area contributed by atoms with Crippen molar-refractivity contribution in [3.63, 3.8) is 0 Å². The van der Waals surface area contributed by atoms with Crippen LogP contribution in [0.3, 0.4) is 0 Å². The maximum Gasteiger partial charge on any atom is 0.234 e. The largest absolute Gasteiger partial charge is 0.283 e. The maximum atomic E-state index is 4.31. The van der Waals surface area contributed by atoms with Gasteiger partial charge in [0.1, 0.15) is 0 Å². The van der Waals surface area contributed by atoms with Gasteiger partial charge in [-0.2, -0.15) is 0 Å². The van der Waals surface area contributed by atoms with Crippen LogP contribution in [0.5, 0.6) is 0 Å². The topological polar surface area (TPSA) is 30.7 Å². The molecule has 84 valence electrons. The molecule has 0 spiro atoms. The Balaban J connectivity index is 2.33. The van der Waals surface area contributed by atoms with E-state index in [2.05, 4.69) is 52.6 Å². The minimum absolute atomic E-state index is 0.726. The van der Waals surface area contributed by atoms with E-state index < -0.39 is 0 Å². The zero-order valence-electron chi connectivity index (χ0n) is 9.88. The van der Waals surface area contributed by atoms with Crippen molar-refractivity contribution in [3.8, 4) is 5.95 Å². The molecule has 0 amide bonds. The van der Waals surface area contributed by atoms with Gasteiger partial charge in [0.25, 0.3) is 0 Å². The van der Waals surface area contributed by atoms with Crippen LogP contribution in [0.1, 0.15) is 11.3 Å². The van der Waals surface area contributed by atoms with E-state index in [1.54, 1.807) is 12.4 Å². The fourth-order valence-corrected chi connectivity index (χ4v) is 2.14. The number of hydrogen-bond acceptors (Lipinski definition) is 2. The van der Waals surface area contributed by atoms with E-state index in [0.717, 1.165) is 17.2 Å². The summed E-state index contributed by atoms with van der Waals surface area (Å²) in [6.07, 6.45) is 3.53. The third-order valence-electron chi connectivity index (χ3n) is 2.89. The molecule has 0 atom stereocenters. The number of hydrogen-bond donors (Lipinski definition) is 0. The third-order valence-corrected chi connectivity index (χ3v) is 2.89. The van der Waals surface area contributed by atoms with Gasteiger partial charge in [0.05, 0.1) is 5.52 Å². The summed E-state index contributed by atoms with van der Waals surface area (Å²) in [7, 11) is 0. The predicted octanol–water partition coefficient (Wildman–Crippen LogP) is 3.04. The van der Waals surface area contributed by atoms with Crippen LogP contribution in [-0.4, -0.2) is 14.5 Å². The normalized spacial score (nSPS) is 10.9. The average molecular weight is 223 g/mol. The molecule has 0 saturated carbocycles. The molecule has 0 aliphatic rings.